The van der Waals surface area contributed by atoms with Gasteiger partial charge in [-0.3, -0.25) is 4.79 Å². The second-order valence-corrected chi connectivity index (χ2v) is 4.82. The van der Waals surface area contributed by atoms with Crippen LogP contribution in [0.5, 0.6) is 5.88 Å². The quantitative estimate of drug-likeness (QED) is 0.850. The molecule has 0 bridgehead atoms. The predicted octanol–water partition coefficient (Wildman–Crippen LogP) is 1.86. The van der Waals surface area contributed by atoms with E-state index in [0.29, 0.717) is 29.5 Å². The summed E-state index contributed by atoms with van der Waals surface area (Å²) in [5.74, 6) is 1.04. The van der Waals surface area contributed by atoms with Gasteiger partial charge in [-0.1, -0.05) is 11.6 Å². The Hall–Kier alpha value is -1.62. The first-order valence-electron chi connectivity index (χ1n) is 5.80. The molecule has 0 aliphatic heterocycles. The van der Waals surface area contributed by atoms with Crippen LogP contribution < -0.4 is 10.3 Å². The highest BCUT2D eigenvalue weighted by Gasteiger charge is 2.24. The van der Waals surface area contributed by atoms with Crippen molar-refractivity contribution < 1.29 is 4.74 Å². The summed E-state index contributed by atoms with van der Waals surface area (Å²) in [7, 11) is 1.54. The van der Waals surface area contributed by atoms with Crippen molar-refractivity contribution in [1.82, 2.24) is 14.5 Å². The minimum absolute atomic E-state index is 0.0381. The Bertz CT molecular complexity index is 664. The second-order valence-electron chi connectivity index (χ2n) is 4.46. The number of methoxy groups -OCH3 is 1. The maximum Gasteiger partial charge on any atom is 0.288 e. The third-order valence-electron chi connectivity index (χ3n) is 3.09. The first-order chi connectivity index (χ1) is 8.69. The molecule has 1 aliphatic rings. The largest absolute Gasteiger partial charge is 0.481 e. The molecule has 2 aromatic heterocycles. The molecule has 0 unspecified atom stereocenters. The van der Waals surface area contributed by atoms with Gasteiger partial charge in [0.25, 0.3) is 5.56 Å². The lowest BCUT2D eigenvalue weighted by molar-refractivity contribution is 0.399. The Labute approximate surface area is 108 Å². The van der Waals surface area contributed by atoms with E-state index < -0.39 is 0 Å². The van der Waals surface area contributed by atoms with E-state index in [1.165, 1.54) is 7.11 Å². The molecule has 0 aromatic carbocycles. The minimum Gasteiger partial charge on any atom is -0.481 e. The first-order valence-corrected chi connectivity index (χ1v) is 6.18. The Morgan fingerprint density at radius 1 is 1.44 bits per heavy atom. The van der Waals surface area contributed by atoms with Crippen LogP contribution in [0.25, 0.3) is 11.2 Å². The summed E-state index contributed by atoms with van der Waals surface area (Å²) in [4.78, 5) is 20.2. The van der Waals surface area contributed by atoms with E-state index in [9.17, 15) is 4.79 Å². The van der Waals surface area contributed by atoms with E-state index in [1.54, 1.807) is 16.7 Å². The highest BCUT2D eigenvalue weighted by Crippen LogP contribution is 2.31. The summed E-state index contributed by atoms with van der Waals surface area (Å²) in [5, 5.41) is -0.0381. The van der Waals surface area contributed by atoms with Crippen molar-refractivity contribution in [2.24, 2.45) is 5.92 Å². The molecule has 94 valence electrons. The highest BCUT2D eigenvalue weighted by molar-refractivity contribution is 6.29. The predicted molar refractivity (Wildman–Crippen MR) is 68.1 cm³/mol. The zero-order valence-electron chi connectivity index (χ0n) is 9.89. The number of aromatic nitrogens is 3. The minimum atomic E-state index is -0.247. The Morgan fingerprint density at radius 2 is 2.22 bits per heavy atom. The molecule has 1 fully saturated rings. The van der Waals surface area contributed by atoms with Crippen LogP contribution in [0.15, 0.2) is 16.9 Å². The number of hydrogen-bond donors (Lipinski definition) is 0. The third-order valence-corrected chi connectivity index (χ3v) is 3.34. The fourth-order valence-corrected chi connectivity index (χ4v) is 2.11. The van der Waals surface area contributed by atoms with Crippen LogP contribution in [0, 0.1) is 5.92 Å². The highest BCUT2D eigenvalue weighted by atomic mass is 35.5. The molecule has 18 heavy (non-hydrogen) atoms. The molecule has 2 heterocycles. The van der Waals surface area contributed by atoms with Gasteiger partial charge in [0.2, 0.25) is 5.88 Å². The molecule has 1 aliphatic carbocycles. The summed E-state index contributed by atoms with van der Waals surface area (Å²) in [6.07, 6.45) is 2.33. The van der Waals surface area contributed by atoms with Gasteiger partial charge in [-0.15, -0.1) is 0 Å². The van der Waals surface area contributed by atoms with Gasteiger partial charge in [0.1, 0.15) is 0 Å². The lowest BCUT2D eigenvalue weighted by atomic mass is 10.3. The van der Waals surface area contributed by atoms with E-state index in [-0.39, 0.29) is 10.7 Å². The summed E-state index contributed by atoms with van der Waals surface area (Å²) < 4.78 is 6.71. The van der Waals surface area contributed by atoms with Gasteiger partial charge in [-0.2, -0.15) is 4.98 Å². The number of pyridine rings is 1. The SMILES string of the molecule is COc1ccc2c(n1)nc(Cl)c(=O)n2CC1CC1. The number of rotatable bonds is 3. The van der Waals surface area contributed by atoms with Crippen molar-refractivity contribution in [1.29, 1.82) is 0 Å². The van der Waals surface area contributed by atoms with E-state index in [2.05, 4.69) is 9.97 Å². The van der Waals surface area contributed by atoms with Gasteiger partial charge in [0.15, 0.2) is 10.8 Å². The number of nitrogens with zero attached hydrogens (tertiary/aromatic N) is 3. The molecule has 0 spiro atoms. The molecule has 2 aromatic rings. The molecule has 0 N–H and O–H groups in total. The Balaban J connectivity index is 2.23. The van der Waals surface area contributed by atoms with Gasteiger partial charge >= 0.3 is 0 Å². The van der Waals surface area contributed by atoms with Crippen LogP contribution in [-0.2, 0) is 6.54 Å². The van der Waals surface area contributed by atoms with Crippen molar-refractivity contribution in [3.05, 3.63) is 27.6 Å². The van der Waals surface area contributed by atoms with Crippen LogP contribution >= 0.6 is 11.6 Å². The third kappa shape index (κ3) is 1.95. The van der Waals surface area contributed by atoms with Crippen LogP contribution in [0.2, 0.25) is 5.15 Å². The lowest BCUT2D eigenvalue weighted by Gasteiger charge is -2.09. The number of halogens is 1. The van der Waals surface area contributed by atoms with Gasteiger partial charge < -0.3 is 9.30 Å². The fraction of sp³-hybridized carbons (Fsp3) is 0.417. The summed E-state index contributed by atoms with van der Waals surface area (Å²) in [6.45, 7) is 0.686. The van der Waals surface area contributed by atoms with Gasteiger partial charge in [-0.25, -0.2) is 4.98 Å². The number of ether oxygens (including phenoxy) is 1. The topological polar surface area (TPSA) is 57.0 Å². The average Bonchev–Trinajstić information content (AvgIpc) is 3.18. The molecule has 0 amide bonds. The van der Waals surface area contributed by atoms with Gasteiger partial charge in [0, 0.05) is 12.6 Å². The second kappa shape index (κ2) is 4.24. The van der Waals surface area contributed by atoms with Crippen LogP contribution in [0.1, 0.15) is 12.8 Å². The van der Waals surface area contributed by atoms with Crippen molar-refractivity contribution in [2.75, 3.05) is 7.11 Å². The van der Waals surface area contributed by atoms with E-state index in [4.69, 9.17) is 16.3 Å². The molecule has 0 radical (unpaired) electrons. The van der Waals surface area contributed by atoms with Crippen molar-refractivity contribution in [3.8, 4) is 5.88 Å². The Morgan fingerprint density at radius 3 is 2.89 bits per heavy atom. The summed E-state index contributed by atoms with van der Waals surface area (Å²) in [5.41, 5.74) is 0.903. The van der Waals surface area contributed by atoms with Gasteiger partial charge in [-0.05, 0) is 24.8 Å². The Kier molecular flexibility index (Phi) is 2.70. The maximum atomic E-state index is 12.0. The molecule has 5 nitrogen and oxygen atoms in total. The van der Waals surface area contributed by atoms with Crippen LogP contribution in [-0.4, -0.2) is 21.6 Å². The smallest absolute Gasteiger partial charge is 0.288 e. The van der Waals surface area contributed by atoms with Gasteiger partial charge in [0.05, 0.1) is 12.6 Å². The van der Waals surface area contributed by atoms with Crippen LogP contribution in [0.3, 0.4) is 0 Å². The molecule has 0 saturated heterocycles. The maximum absolute atomic E-state index is 12.0. The first kappa shape index (κ1) is 11.5. The fourth-order valence-electron chi connectivity index (χ4n) is 1.93. The van der Waals surface area contributed by atoms with Crippen molar-refractivity contribution >= 4 is 22.8 Å². The molecule has 6 heteroatoms. The number of hydrogen-bond acceptors (Lipinski definition) is 4. The van der Waals surface area contributed by atoms with Crippen LogP contribution in [0.4, 0.5) is 0 Å². The molecule has 3 rings (SSSR count). The standard InChI is InChI=1S/C12H12ClN3O2/c1-18-9-5-4-8-11(14-9)15-10(13)12(17)16(8)6-7-2-3-7/h4-5,7H,2-3,6H2,1H3. The van der Waals surface area contributed by atoms with E-state index in [1.807, 2.05) is 0 Å². The van der Waals surface area contributed by atoms with E-state index in [0.717, 1.165) is 12.8 Å². The molecule has 1 saturated carbocycles. The summed E-state index contributed by atoms with van der Waals surface area (Å²) in [6, 6.07) is 3.52. The summed E-state index contributed by atoms with van der Waals surface area (Å²) >= 11 is 5.87. The molecular formula is C12H12ClN3O2. The molecule has 0 atom stereocenters. The number of fused-ring (bicyclic) bond motifs is 1. The van der Waals surface area contributed by atoms with E-state index >= 15 is 0 Å². The monoisotopic (exact) mass is 265 g/mol. The van der Waals surface area contributed by atoms with Crippen molar-refractivity contribution in [3.63, 3.8) is 0 Å². The average molecular weight is 266 g/mol. The zero-order chi connectivity index (χ0) is 12.7. The normalized spacial score (nSPS) is 15.0. The zero-order valence-corrected chi connectivity index (χ0v) is 10.6. The molecular weight excluding hydrogens is 254 g/mol. The lowest BCUT2D eigenvalue weighted by Crippen LogP contribution is -2.23. The van der Waals surface area contributed by atoms with Crippen molar-refractivity contribution in [2.45, 2.75) is 19.4 Å².